The van der Waals surface area contributed by atoms with Crippen molar-refractivity contribution in [2.75, 3.05) is 17.8 Å². The van der Waals surface area contributed by atoms with Gasteiger partial charge in [-0.05, 0) is 60.3 Å². The Morgan fingerprint density at radius 2 is 1.97 bits per heavy atom. The number of benzene rings is 3. The van der Waals surface area contributed by atoms with E-state index < -0.39 is 10.0 Å². The summed E-state index contributed by atoms with van der Waals surface area (Å²) in [6, 6.07) is 16.1. The van der Waals surface area contributed by atoms with E-state index in [0.29, 0.717) is 10.7 Å². The molecule has 1 aliphatic heterocycles. The van der Waals surface area contributed by atoms with E-state index >= 15 is 0 Å². The van der Waals surface area contributed by atoms with Crippen molar-refractivity contribution in [3.63, 3.8) is 0 Å². The molecule has 0 bridgehead atoms. The largest absolute Gasteiger partial charge is 0.357 e. The number of H-pyrrole nitrogens is 1. The number of nitrogens with zero attached hydrogens (tertiary/aromatic N) is 1. The second-order valence-electron chi connectivity index (χ2n) is 7.69. The number of hydrogen-bond acceptors (Lipinski definition) is 3. The maximum Gasteiger partial charge on any atom is 0.261 e. The average Bonchev–Trinajstić information content (AvgIpc) is 3.10. The van der Waals surface area contributed by atoms with Crippen molar-refractivity contribution in [3.05, 3.63) is 70.9 Å². The molecule has 0 saturated carbocycles. The lowest BCUT2D eigenvalue weighted by Crippen LogP contribution is -2.29. The predicted molar refractivity (Wildman–Crippen MR) is 123 cm³/mol. The van der Waals surface area contributed by atoms with E-state index in [0.717, 1.165) is 47.7 Å². The summed E-state index contributed by atoms with van der Waals surface area (Å²) in [7, 11) is -3.71. The van der Waals surface area contributed by atoms with Crippen molar-refractivity contribution < 1.29 is 8.42 Å². The van der Waals surface area contributed by atoms with Gasteiger partial charge >= 0.3 is 0 Å². The Balaban J connectivity index is 1.49. The van der Waals surface area contributed by atoms with E-state index in [1.807, 2.05) is 24.3 Å². The number of likely N-dealkylation sites (N-methyl/N-ethyl adjacent to an activating group) is 1. The summed E-state index contributed by atoms with van der Waals surface area (Å²) in [4.78, 5) is 6.11. The number of halogens is 1. The van der Waals surface area contributed by atoms with Crippen molar-refractivity contribution in [3.8, 4) is 0 Å². The molecule has 0 fully saturated rings. The van der Waals surface area contributed by atoms with Crippen LogP contribution in [0.1, 0.15) is 18.2 Å². The van der Waals surface area contributed by atoms with Crippen LogP contribution in [0.4, 0.5) is 5.69 Å². The predicted octanol–water partition coefficient (Wildman–Crippen LogP) is 5.15. The molecule has 0 radical (unpaired) electrons. The van der Waals surface area contributed by atoms with Crippen molar-refractivity contribution in [2.24, 2.45) is 0 Å². The van der Waals surface area contributed by atoms with Crippen LogP contribution in [0.3, 0.4) is 0 Å². The van der Waals surface area contributed by atoms with Gasteiger partial charge in [0.1, 0.15) is 0 Å². The Kier molecular flexibility index (Phi) is 4.73. The molecule has 2 heterocycles. The molecule has 3 aromatic carbocycles. The van der Waals surface area contributed by atoms with Gasteiger partial charge in [-0.1, -0.05) is 36.7 Å². The van der Waals surface area contributed by atoms with Gasteiger partial charge < -0.3 is 4.98 Å². The van der Waals surface area contributed by atoms with Gasteiger partial charge in [-0.2, -0.15) is 0 Å². The number of hydrogen-bond donors (Lipinski definition) is 2. The van der Waals surface area contributed by atoms with Gasteiger partial charge in [0.15, 0.2) is 0 Å². The van der Waals surface area contributed by atoms with E-state index in [4.69, 9.17) is 11.6 Å². The van der Waals surface area contributed by atoms with E-state index in [1.54, 1.807) is 30.3 Å². The molecular formula is C23H22ClN3O2S. The molecule has 0 saturated heterocycles. The number of anilines is 1. The van der Waals surface area contributed by atoms with Gasteiger partial charge in [-0.15, -0.1) is 0 Å². The molecule has 1 aromatic heterocycles. The molecule has 0 spiro atoms. The molecule has 1 aliphatic rings. The summed E-state index contributed by atoms with van der Waals surface area (Å²) in [6.45, 7) is 5.12. The maximum atomic E-state index is 13.0. The first-order chi connectivity index (χ1) is 14.4. The molecule has 0 unspecified atom stereocenters. The Morgan fingerprint density at radius 3 is 2.80 bits per heavy atom. The summed E-state index contributed by atoms with van der Waals surface area (Å²) in [5.74, 6) is 0. The zero-order chi connectivity index (χ0) is 20.9. The molecule has 0 atom stereocenters. The van der Waals surface area contributed by atoms with E-state index in [-0.39, 0.29) is 4.90 Å². The SMILES string of the molecule is CCN1CCc2c([nH]c3ccc(NS(=O)(=O)c4ccc5c(Cl)cccc5c4)cc23)C1. The van der Waals surface area contributed by atoms with Gasteiger partial charge in [0.2, 0.25) is 0 Å². The third-order valence-corrected chi connectivity index (χ3v) is 7.57. The number of nitrogens with one attached hydrogen (secondary N) is 2. The number of rotatable bonds is 4. The molecular weight excluding hydrogens is 418 g/mol. The maximum absolute atomic E-state index is 13.0. The van der Waals surface area contributed by atoms with Crippen LogP contribution >= 0.6 is 11.6 Å². The minimum atomic E-state index is -3.71. The van der Waals surface area contributed by atoms with Crippen LogP contribution < -0.4 is 4.72 Å². The Labute approximate surface area is 180 Å². The van der Waals surface area contributed by atoms with Crippen LogP contribution in [0.2, 0.25) is 5.02 Å². The summed E-state index contributed by atoms with van der Waals surface area (Å²) in [5.41, 5.74) is 4.12. The van der Waals surface area contributed by atoms with Crippen LogP contribution in [0.25, 0.3) is 21.7 Å². The Bertz CT molecular complexity index is 1380. The molecule has 5 rings (SSSR count). The molecule has 2 N–H and O–H groups in total. The van der Waals surface area contributed by atoms with Crippen molar-refractivity contribution in [1.82, 2.24) is 9.88 Å². The van der Waals surface area contributed by atoms with Crippen LogP contribution in [-0.4, -0.2) is 31.4 Å². The standard InChI is InChI=1S/C23H22ClN3O2S/c1-2-27-11-10-19-20-13-16(6-9-22(20)25-23(19)14-27)26-30(28,29)17-7-8-18-15(12-17)4-3-5-21(18)24/h3-9,12-13,25-26H,2,10-11,14H2,1H3. The van der Waals surface area contributed by atoms with Crippen LogP contribution in [0, 0.1) is 0 Å². The van der Waals surface area contributed by atoms with Crippen molar-refractivity contribution in [1.29, 1.82) is 0 Å². The topological polar surface area (TPSA) is 65.2 Å². The van der Waals surface area contributed by atoms with Crippen LogP contribution in [0.5, 0.6) is 0 Å². The lowest BCUT2D eigenvalue weighted by atomic mass is 10.0. The fourth-order valence-electron chi connectivity index (χ4n) is 4.23. The number of sulfonamides is 1. The third kappa shape index (κ3) is 3.35. The second kappa shape index (κ2) is 7.30. The fraction of sp³-hybridized carbons (Fsp3) is 0.217. The lowest BCUT2D eigenvalue weighted by Gasteiger charge is -2.25. The highest BCUT2D eigenvalue weighted by atomic mass is 35.5. The van der Waals surface area contributed by atoms with Crippen LogP contribution in [0.15, 0.2) is 59.5 Å². The summed E-state index contributed by atoms with van der Waals surface area (Å²) >= 11 is 6.20. The van der Waals surface area contributed by atoms with Gasteiger partial charge in [-0.25, -0.2) is 8.42 Å². The number of aromatic nitrogens is 1. The Morgan fingerprint density at radius 1 is 1.10 bits per heavy atom. The summed E-state index contributed by atoms with van der Waals surface area (Å²) in [5, 5.41) is 3.32. The molecule has 5 nitrogen and oxygen atoms in total. The van der Waals surface area contributed by atoms with Gasteiger partial charge in [0, 0.05) is 45.8 Å². The lowest BCUT2D eigenvalue weighted by molar-refractivity contribution is 0.266. The highest BCUT2D eigenvalue weighted by molar-refractivity contribution is 7.92. The molecule has 154 valence electrons. The molecule has 7 heteroatoms. The normalized spacial score (nSPS) is 14.9. The zero-order valence-corrected chi connectivity index (χ0v) is 18.1. The number of fused-ring (bicyclic) bond motifs is 4. The molecule has 30 heavy (non-hydrogen) atoms. The monoisotopic (exact) mass is 439 g/mol. The minimum Gasteiger partial charge on any atom is -0.357 e. The smallest absolute Gasteiger partial charge is 0.261 e. The molecule has 0 aliphatic carbocycles. The van der Waals surface area contributed by atoms with Crippen molar-refractivity contribution in [2.45, 2.75) is 24.8 Å². The minimum absolute atomic E-state index is 0.215. The third-order valence-electron chi connectivity index (χ3n) is 5.86. The van der Waals surface area contributed by atoms with Gasteiger partial charge in [0.05, 0.1) is 4.90 Å². The first kappa shape index (κ1) is 19.4. The highest BCUT2D eigenvalue weighted by Crippen LogP contribution is 2.31. The average molecular weight is 440 g/mol. The molecule has 0 amide bonds. The highest BCUT2D eigenvalue weighted by Gasteiger charge is 2.21. The zero-order valence-electron chi connectivity index (χ0n) is 16.6. The van der Waals surface area contributed by atoms with Gasteiger partial charge in [0.25, 0.3) is 10.0 Å². The second-order valence-corrected chi connectivity index (χ2v) is 9.78. The van der Waals surface area contributed by atoms with E-state index in [2.05, 4.69) is 21.5 Å². The van der Waals surface area contributed by atoms with E-state index in [9.17, 15) is 8.42 Å². The first-order valence-corrected chi connectivity index (χ1v) is 11.9. The van der Waals surface area contributed by atoms with Crippen molar-refractivity contribution >= 4 is 49.0 Å². The molecule has 4 aromatic rings. The first-order valence-electron chi connectivity index (χ1n) is 10.0. The quantitative estimate of drug-likeness (QED) is 0.462. The van der Waals surface area contributed by atoms with E-state index in [1.165, 1.54) is 11.3 Å². The van der Waals surface area contributed by atoms with Crippen LogP contribution in [-0.2, 0) is 23.0 Å². The number of aromatic amines is 1. The summed E-state index contributed by atoms with van der Waals surface area (Å²) < 4.78 is 28.8. The fourth-order valence-corrected chi connectivity index (χ4v) is 5.56. The Hall–Kier alpha value is -2.54. The van der Waals surface area contributed by atoms with Gasteiger partial charge in [-0.3, -0.25) is 9.62 Å². The summed E-state index contributed by atoms with van der Waals surface area (Å²) in [6.07, 6.45) is 0.963.